The molecule has 1 rings (SSSR count). The van der Waals surface area contributed by atoms with Crippen molar-refractivity contribution in [3.05, 3.63) is 33.3 Å². The number of benzene rings is 1. The molecule has 0 aliphatic heterocycles. The molecular formula is C13H18BrClO. The maximum absolute atomic E-state index is 6.15. The highest BCUT2D eigenvalue weighted by molar-refractivity contribution is 9.10. The summed E-state index contributed by atoms with van der Waals surface area (Å²) in [4.78, 5) is 0. The van der Waals surface area contributed by atoms with Crippen LogP contribution in [-0.2, 0) is 4.74 Å². The molecule has 0 spiro atoms. The molecule has 3 heteroatoms. The van der Waals surface area contributed by atoms with Gasteiger partial charge in [0.1, 0.15) is 0 Å². The van der Waals surface area contributed by atoms with Crippen LogP contribution < -0.4 is 0 Å². The van der Waals surface area contributed by atoms with E-state index in [1.165, 1.54) is 6.42 Å². The standard InChI is InChI=1S/C13H18BrClO/c1-3-4-7-16-9-10(2)12-8-11(14)5-6-13(12)15/h5-6,8,10H,3-4,7,9H2,1-2H3/t10-/m1/s1. The summed E-state index contributed by atoms with van der Waals surface area (Å²) in [5.74, 6) is 0.335. The Bertz CT molecular complexity index is 328. The Labute approximate surface area is 111 Å². The van der Waals surface area contributed by atoms with Gasteiger partial charge in [-0.3, -0.25) is 0 Å². The van der Waals surface area contributed by atoms with E-state index in [-0.39, 0.29) is 0 Å². The second kappa shape index (κ2) is 7.31. The fourth-order valence-corrected chi connectivity index (χ4v) is 2.17. The third-order valence-electron chi connectivity index (χ3n) is 2.50. The second-order valence-electron chi connectivity index (χ2n) is 4.00. The van der Waals surface area contributed by atoms with Crippen LogP contribution in [0.4, 0.5) is 0 Å². The summed E-state index contributed by atoms with van der Waals surface area (Å²) in [7, 11) is 0. The molecule has 90 valence electrons. The van der Waals surface area contributed by atoms with Gasteiger partial charge in [-0.15, -0.1) is 0 Å². The van der Waals surface area contributed by atoms with Gasteiger partial charge in [0.05, 0.1) is 6.61 Å². The molecule has 0 unspecified atom stereocenters. The number of hydrogen-bond donors (Lipinski definition) is 0. The third kappa shape index (κ3) is 4.44. The lowest BCUT2D eigenvalue weighted by Gasteiger charge is -2.14. The maximum Gasteiger partial charge on any atom is 0.0532 e. The van der Waals surface area contributed by atoms with Crippen LogP contribution in [0.1, 0.15) is 38.2 Å². The zero-order valence-electron chi connectivity index (χ0n) is 9.80. The van der Waals surface area contributed by atoms with E-state index in [1.807, 2.05) is 12.1 Å². The molecule has 1 atom stereocenters. The largest absolute Gasteiger partial charge is 0.381 e. The minimum atomic E-state index is 0.335. The first-order valence-corrected chi connectivity index (χ1v) is 6.85. The van der Waals surface area contributed by atoms with Crippen molar-refractivity contribution in [1.82, 2.24) is 0 Å². The van der Waals surface area contributed by atoms with Crippen LogP contribution in [0.2, 0.25) is 5.02 Å². The summed E-state index contributed by atoms with van der Waals surface area (Å²) < 4.78 is 6.67. The lowest BCUT2D eigenvalue weighted by Crippen LogP contribution is -2.06. The van der Waals surface area contributed by atoms with Gasteiger partial charge < -0.3 is 4.74 Å². The summed E-state index contributed by atoms with van der Waals surface area (Å²) in [5.41, 5.74) is 1.15. The minimum Gasteiger partial charge on any atom is -0.381 e. The Morgan fingerprint density at radius 1 is 1.44 bits per heavy atom. The van der Waals surface area contributed by atoms with Gasteiger partial charge in [0.25, 0.3) is 0 Å². The summed E-state index contributed by atoms with van der Waals surface area (Å²) in [6.07, 6.45) is 2.30. The molecule has 16 heavy (non-hydrogen) atoms. The van der Waals surface area contributed by atoms with Gasteiger partial charge in [-0.2, -0.15) is 0 Å². The topological polar surface area (TPSA) is 9.23 Å². The molecule has 0 radical (unpaired) electrons. The van der Waals surface area contributed by atoms with E-state index in [4.69, 9.17) is 16.3 Å². The minimum absolute atomic E-state index is 0.335. The summed E-state index contributed by atoms with van der Waals surface area (Å²) in [5, 5.41) is 0.815. The number of halogens is 2. The van der Waals surface area contributed by atoms with Crippen LogP contribution in [0.5, 0.6) is 0 Å². The number of hydrogen-bond acceptors (Lipinski definition) is 1. The molecule has 0 N–H and O–H groups in total. The van der Waals surface area contributed by atoms with Gasteiger partial charge in [-0.1, -0.05) is 47.8 Å². The van der Waals surface area contributed by atoms with E-state index >= 15 is 0 Å². The van der Waals surface area contributed by atoms with Crippen LogP contribution in [0.25, 0.3) is 0 Å². The van der Waals surface area contributed by atoms with E-state index in [9.17, 15) is 0 Å². The first kappa shape index (κ1) is 14.0. The predicted octanol–water partition coefficient (Wildman–Crippen LogP) is 5.02. The van der Waals surface area contributed by atoms with Crippen molar-refractivity contribution in [3.63, 3.8) is 0 Å². The average Bonchev–Trinajstić information content (AvgIpc) is 2.27. The van der Waals surface area contributed by atoms with Crippen molar-refractivity contribution >= 4 is 27.5 Å². The lowest BCUT2D eigenvalue weighted by molar-refractivity contribution is 0.121. The molecule has 1 aromatic carbocycles. The van der Waals surface area contributed by atoms with Gasteiger partial charge in [0.15, 0.2) is 0 Å². The molecule has 0 heterocycles. The SMILES string of the molecule is CCCCOC[C@@H](C)c1cc(Br)ccc1Cl. The molecule has 0 saturated heterocycles. The van der Waals surface area contributed by atoms with Crippen molar-refractivity contribution < 1.29 is 4.74 Å². The molecule has 0 aliphatic rings. The van der Waals surface area contributed by atoms with Crippen molar-refractivity contribution in [2.24, 2.45) is 0 Å². The van der Waals surface area contributed by atoms with E-state index in [2.05, 4.69) is 35.8 Å². The van der Waals surface area contributed by atoms with Crippen LogP contribution >= 0.6 is 27.5 Å². The molecule has 0 bridgehead atoms. The maximum atomic E-state index is 6.15. The highest BCUT2D eigenvalue weighted by atomic mass is 79.9. The predicted molar refractivity (Wildman–Crippen MR) is 73.3 cm³/mol. The first-order valence-electron chi connectivity index (χ1n) is 5.67. The van der Waals surface area contributed by atoms with Gasteiger partial charge in [0.2, 0.25) is 0 Å². The Morgan fingerprint density at radius 2 is 2.19 bits per heavy atom. The smallest absolute Gasteiger partial charge is 0.0532 e. The average molecular weight is 306 g/mol. The molecule has 0 aromatic heterocycles. The van der Waals surface area contributed by atoms with Crippen LogP contribution in [0, 0.1) is 0 Å². The van der Waals surface area contributed by atoms with Crippen molar-refractivity contribution in [2.75, 3.05) is 13.2 Å². The van der Waals surface area contributed by atoms with E-state index in [1.54, 1.807) is 0 Å². The normalized spacial score (nSPS) is 12.8. The van der Waals surface area contributed by atoms with E-state index in [0.717, 1.165) is 34.7 Å². The highest BCUT2D eigenvalue weighted by Crippen LogP contribution is 2.27. The summed E-state index contributed by atoms with van der Waals surface area (Å²) >= 11 is 9.61. The first-order chi connectivity index (χ1) is 7.65. The van der Waals surface area contributed by atoms with Crippen LogP contribution in [0.15, 0.2) is 22.7 Å². The number of rotatable bonds is 6. The summed E-state index contributed by atoms with van der Waals surface area (Å²) in [6.45, 7) is 5.88. The molecular weight excluding hydrogens is 287 g/mol. The quantitative estimate of drug-likeness (QED) is 0.670. The Balaban J connectivity index is 2.51. The number of ether oxygens (including phenoxy) is 1. The van der Waals surface area contributed by atoms with Crippen LogP contribution in [0.3, 0.4) is 0 Å². The van der Waals surface area contributed by atoms with Gasteiger partial charge in [0, 0.05) is 22.0 Å². The number of unbranched alkanes of at least 4 members (excludes halogenated alkanes) is 1. The molecule has 1 nitrogen and oxygen atoms in total. The Morgan fingerprint density at radius 3 is 2.88 bits per heavy atom. The Kier molecular flexibility index (Phi) is 6.40. The lowest BCUT2D eigenvalue weighted by atomic mass is 10.0. The zero-order chi connectivity index (χ0) is 12.0. The molecule has 0 saturated carbocycles. The van der Waals surface area contributed by atoms with Crippen molar-refractivity contribution in [3.8, 4) is 0 Å². The van der Waals surface area contributed by atoms with Gasteiger partial charge >= 0.3 is 0 Å². The Hall–Kier alpha value is -0.0500. The van der Waals surface area contributed by atoms with Crippen LogP contribution in [-0.4, -0.2) is 13.2 Å². The van der Waals surface area contributed by atoms with Gasteiger partial charge in [-0.25, -0.2) is 0 Å². The van der Waals surface area contributed by atoms with E-state index in [0.29, 0.717) is 5.92 Å². The fraction of sp³-hybridized carbons (Fsp3) is 0.538. The third-order valence-corrected chi connectivity index (χ3v) is 3.34. The van der Waals surface area contributed by atoms with Crippen molar-refractivity contribution in [1.29, 1.82) is 0 Å². The molecule has 1 aromatic rings. The molecule has 0 amide bonds. The molecule has 0 aliphatic carbocycles. The summed E-state index contributed by atoms with van der Waals surface area (Å²) in [6, 6.07) is 5.94. The van der Waals surface area contributed by atoms with Gasteiger partial charge in [-0.05, 0) is 30.2 Å². The van der Waals surface area contributed by atoms with Crippen molar-refractivity contribution in [2.45, 2.75) is 32.6 Å². The zero-order valence-corrected chi connectivity index (χ0v) is 12.1. The molecule has 0 fully saturated rings. The fourth-order valence-electron chi connectivity index (χ4n) is 1.49. The second-order valence-corrected chi connectivity index (χ2v) is 5.32. The van der Waals surface area contributed by atoms with E-state index < -0.39 is 0 Å². The monoisotopic (exact) mass is 304 g/mol. The highest BCUT2D eigenvalue weighted by Gasteiger charge is 2.10.